The van der Waals surface area contributed by atoms with Gasteiger partial charge in [0.25, 0.3) is 0 Å². The van der Waals surface area contributed by atoms with Crippen molar-refractivity contribution >= 4 is 17.7 Å². The predicted molar refractivity (Wildman–Crippen MR) is 108 cm³/mol. The zero-order valence-electron chi connectivity index (χ0n) is 16.5. The zero-order chi connectivity index (χ0) is 19.3. The topological polar surface area (TPSA) is 72.7 Å². The summed E-state index contributed by atoms with van der Waals surface area (Å²) < 4.78 is 1.72. The molecule has 4 aliphatic rings. The van der Waals surface area contributed by atoms with Gasteiger partial charge in [0.15, 0.2) is 0 Å². The van der Waals surface area contributed by atoms with Crippen LogP contribution in [0.2, 0.25) is 0 Å². The highest BCUT2D eigenvalue weighted by molar-refractivity contribution is 7.99. The largest absolute Gasteiger partial charge is 0.350 e. The Hall–Kier alpha value is -1.89. The van der Waals surface area contributed by atoms with Crippen LogP contribution in [-0.2, 0) is 4.79 Å². The van der Waals surface area contributed by atoms with Crippen molar-refractivity contribution in [1.82, 2.24) is 25.5 Å². The van der Waals surface area contributed by atoms with E-state index in [0.29, 0.717) is 10.9 Å². The first-order valence-corrected chi connectivity index (χ1v) is 11.3. The molecule has 0 atom stereocenters. The first kappa shape index (κ1) is 18.2. The number of carbonyl (C=O) groups is 1. The number of aryl methyl sites for hydroxylation is 2. The van der Waals surface area contributed by atoms with Crippen LogP contribution >= 0.6 is 11.8 Å². The molecule has 7 heteroatoms. The lowest BCUT2D eigenvalue weighted by atomic mass is 9.53. The second-order valence-corrected chi connectivity index (χ2v) is 10.1. The van der Waals surface area contributed by atoms with Gasteiger partial charge >= 0.3 is 0 Å². The fourth-order valence-electron chi connectivity index (χ4n) is 6.01. The summed E-state index contributed by atoms with van der Waals surface area (Å²) in [6, 6.07) is 6.16. The molecular formula is C21H27N5OS. The van der Waals surface area contributed by atoms with Crippen LogP contribution in [0.15, 0.2) is 23.4 Å². The maximum atomic E-state index is 12.8. The number of carbonyl (C=O) groups excluding carboxylic acids is 1. The molecule has 1 aromatic heterocycles. The average Bonchev–Trinajstić information content (AvgIpc) is 3.09. The van der Waals surface area contributed by atoms with Gasteiger partial charge in [0.2, 0.25) is 11.1 Å². The summed E-state index contributed by atoms with van der Waals surface area (Å²) in [5.41, 5.74) is 3.42. The summed E-state index contributed by atoms with van der Waals surface area (Å²) in [6.07, 6.45) is 7.68. The number of aromatic nitrogens is 4. The number of benzene rings is 1. The van der Waals surface area contributed by atoms with Crippen LogP contribution in [0.5, 0.6) is 0 Å². The molecule has 1 aromatic carbocycles. The summed E-state index contributed by atoms with van der Waals surface area (Å²) in [6.45, 7) is 4.16. The van der Waals surface area contributed by atoms with E-state index in [0.717, 1.165) is 23.4 Å². The number of hydrogen-bond donors (Lipinski definition) is 1. The Morgan fingerprint density at radius 2 is 1.82 bits per heavy atom. The summed E-state index contributed by atoms with van der Waals surface area (Å²) in [5.74, 6) is 2.96. The first-order valence-electron chi connectivity index (χ1n) is 10.3. The molecule has 0 spiro atoms. The molecule has 1 heterocycles. The van der Waals surface area contributed by atoms with Crippen molar-refractivity contribution in [3.63, 3.8) is 0 Å². The molecule has 0 aliphatic heterocycles. The van der Waals surface area contributed by atoms with Gasteiger partial charge in [-0.2, -0.15) is 4.68 Å². The minimum atomic E-state index is 0.0619. The lowest BCUT2D eigenvalue weighted by Crippen LogP contribution is -2.60. The molecule has 148 valence electrons. The highest BCUT2D eigenvalue weighted by atomic mass is 32.2. The van der Waals surface area contributed by atoms with Crippen LogP contribution in [0.25, 0.3) is 5.69 Å². The Balaban J connectivity index is 1.24. The number of nitrogens with zero attached hydrogens (tertiary/aromatic N) is 4. The number of tetrazole rings is 1. The molecule has 0 unspecified atom stereocenters. The lowest BCUT2D eigenvalue weighted by Gasteiger charge is -2.56. The first-order chi connectivity index (χ1) is 13.5. The second kappa shape index (κ2) is 6.87. The molecule has 6 nitrogen and oxygen atoms in total. The molecule has 1 amide bonds. The van der Waals surface area contributed by atoms with Gasteiger partial charge in [0.1, 0.15) is 0 Å². The fraction of sp³-hybridized carbons (Fsp3) is 0.619. The summed E-state index contributed by atoms with van der Waals surface area (Å²) in [4.78, 5) is 12.8. The van der Waals surface area contributed by atoms with E-state index >= 15 is 0 Å². The number of hydrogen-bond acceptors (Lipinski definition) is 5. The van der Waals surface area contributed by atoms with Crippen LogP contribution in [0, 0.1) is 31.6 Å². The molecule has 6 rings (SSSR count). The van der Waals surface area contributed by atoms with Crippen molar-refractivity contribution in [3.05, 3.63) is 29.3 Å². The van der Waals surface area contributed by atoms with E-state index in [1.807, 2.05) is 6.07 Å². The molecule has 4 fully saturated rings. The number of nitrogens with one attached hydrogen (secondary N) is 1. The van der Waals surface area contributed by atoms with Crippen LogP contribution in [0.4, 0.5) is 0 Å². The second-order valence-electron chi connectivity index (χ2n) is 9.18. The number of thioether (sulfide) groups is 1. The molecule has 4 saturated carbocycles. The van der Waals surface area contributed by atoms with E-state index in [4.69, 9.17) is 0 Å². The highest BCUT2D eigenvalue weighted by Crippen LogP contribution is 2.55. The van der Waals surface area contributed by atoms with E-state index in [9.17, 15) is 4.79 Å². The van der Waals surface area contributed by atoms with Gasteiger partial charge in [-0.1, -0.05) is 17.8 Å². The van der Waals surface area contributed by atoms with Crippen molar-refractivity contribution in [2.24, 2.45) is 17.8 Å². The third-order valence-electron chi connectivity index (χ3n) is 6.95. The Kier molecular flexibility index (Phi) is 4.45. The maximum absolute atomic E-state index is 12.8. The summed E-state index contributed by atoms with van der Waals surface area (Å²) in [5, 5.41) is 16.1. The molecule has 1 N–H and O–H groups in total. The standard InChI is InChI=1S/C21H27N5OS/c1-13-3-4-18(5-14(13)2)26-20(23-24-25-26)28-12-19(27)22-21-9-15-6-16(10-21)8-17(7-15)11-21/h3-5,15-17H,6-12H2,1-2H3,(H,22,27). The van der Waals surface area contributed by atoms with Gasteiger partial charge in [-0.15, -0.1) is 5.10 Å². The molecule has 28 heavy (non-hydrogen) atoms. The normalized spacial score (nSPS) is 30.6. The number of rotatable bonds is 5. The Labute approximate surface area is 169 Å². The zero-order valence-corrected chi connectivity index (χ0v) is 17.3. The average molecular weight is 398 g/mol. The van der Waals surface area contributed by atoms with Crippen molar-refractivity contribution in [1.29, 1.82) is 0 Å². The van der Waals surface area contributed by atoms with E-state index < -0.39 is 0 Å². The van der Waals surface area contributed by atoms with Crippen LogP contribution in [0.1, 0.15) is 49.7 Å². The molecule has 4 bridgehead atoms. The van der Waals surface area contributed by atoms with Gasteiger partial charge in [-0.25, -0.2) is 0 Å². The fourth-order valence-corrected chi connectivity index (χ4v) is 6.70. The van der Waals surface area contributed by atoms with Gasteiger partial charge in [0.05, 0.1) is 11.4 Å². The van der Waals surface area contributed by atoms with Crippen molar-refractivity contribution < 1.29 is 4.79 Å². The summed E-state index contributed by atoms with van der Waals surface area (Å²) >= 11 is 1.41. The third kappa shape index (κ3) is 3.34. The van der Waals surface area contributed by atoms with Gasteiger partial charge < -0.3 is 5.32 Å². The maximum Gasteiger partial charge on any atom is 0.230 e. The number of amides is 1. The smallest absolute Gasteiger partial charge is 0.230 e. The summed E-state index contributed by atoms with van der Waals surface area (Å²) in [7, 11) is 0. The van der Waals surface area contributed by atoms with Crippen molar-refractivity contribution in [3.8, 4) is 5.69 Å². The molecule has 0 radical (unpaired) electrons. The van der Waals surface area contributed by atoms with Gasteiger partial charge in [-0.3, -0.25) is 4.79 Å². The Morgan fingerprint density at radius 1 is 1.14 bits per heavy atom. The van der Waals surface area contributed by atoms with Gasteiger partial charge in [0, 0.05) is 5.54 Å². The van der Waals surface area contributed by atoms with Crippen LogP contribution < -0.4 is 5.32 Å². The predicted octanol–water partition coefficient (Wildman–Crippen LogP) is 3.46. The SMILES string of the molecule is Cc1ccc(-n2nnnc2SCC(=O)NC23CC4CC(CC(C4)C2)C3)cc1C. The van der Waals surface area contributed by atoms with E-state index in [-0.39, 0.29) is 11.4 Å². The molecule has 4 aliphatic carbocycles. The van der Waals surface area contributed by atoms with Crippen molar-refractivity contribution in [2.75, 3.05) is 5.75 Å². The van der Waals surface area contributed by atoms with Crippen molar-refractivity contribution in [2.45, 2.75) is 63.1 Å². The minimum Gasteiger partial charge on any atom is -0.350 e. The van der Waals surface area contributed by atoms with Crippen LogP contribution in [0.3, 0.4) is 0 Å². The Bertz CT molecular complexity index is 873. The minimum absolute atomic E-state index is 0.0619. The third-order valence-corrected chi connectivity index (χ3v) is 7.87. The van der Waals surface area contributed by atoms with E-state index in [2.05, 4.69) is 46.8 Å². The quantitative estimate of drug-likeness (QED) is 0.782. The highest BCUT2D eigenvalue weighted by Gasteiger charge is 2.51. The van der Waals surface area contributed by atoms with E-state index in [1.165, 1.54) is 61.4 Å². The Morgan fingerprint density at radius 3 is 2.46 bits per heavy atom. The van der Waals surface area contributed by atoms with Crippen LogP contribution in [-0.4, -0.2) is 37.4 Å². The monoisotopic (exact) mass is 397 g/mol. The van der Waals surface area contributed by atoms with E-state index in [1.54, 1.807) is 4.68 Å². The van der Waals surface area contributed by atoms with Gasteiger partial charge in [-0.05, 0) is 104 Å². The molecule has 0 saturated heterocycles. The lowest BCUT2D eigenvalue weighted by molar-refractivity contribution is -0.124. The molecular weight excluding hydrogens is 370 g/mol. The molecule has 2 aromatic rings.